The van der Waals surface area contributed by atoms with Crippen LogP contribution in [0.3, 0.4) is 0 Å². The van der Waals surface area contributed by atoms with Crippen LogP contribution in [0.5, 0.6) is 0 Å². The Morgan fingerprint density at radius 2 is 1.94 bits per heavy atom. The second kappa shape index (κ2) is 4.59. The highest BCUT2D eigenvalue weighted by Gasteiger charge is 2.40. The molecule has 1 aliphatic rings. The van der Waals surface area contributed by atoms with Crippen molar-refractivity contribution in [3.8, 4) is 0 Å². The van der Waals surface area contributed by atoms with Crippen LogP contribution >= 0.6 is 0 Å². The molecule has 1 rings (SSSR count). The van der Waals surface area contributed by atoms with Gasteiger partial charge in [-0.05, 0) is 24.6 Å². The third-order valence-corrected chi connectivity index (χ3v) is 8.37. The zero-order valence-corrected chi connectivity index (χ0v) is 12.0. The lowest BCUT2D eigenvalue weighted by Gasteiger charge is -2.40. The van der Waals surface area contributed by atoms with Crippen molar-refractivity contribution >= 4 is 14.1 Å². The molecule has 1 fully saturated rings. The summed E-state index contributed by atoms with van der Waals surface area (Å²) in [5, 5.41) is 9.71. The quantitative estimate of drug-likeness (QED) is 0.759. The summed E-state index contributed by atoms with van der Waals surface area (Å²) in [6.07, 6.45) is 0.964. The smallest absolute Gasteiger partial charge is 0.192 e. The lowest BCUT2D eigenvalue weighted by Crippen LogP contribution is -2.46. The van der Waals surface area contributed by atoms with Crippen LogP contribution in [0.1, 0.15) is 40.0 Å². The molecule has 0 aromatic rings. The third-order valence-electron chi connectivity index (χ3n) is 3.84. The Morgan fingerprint density at radius 3 is 2.38 bits per heavy atom. The van der Waals surface area contributed by atoms with Gasteiger partial charge in [0.2, 0.25) is 0 Å². The van der Waals surface area contributed by atoms with E-state index in [-0.39, 0.29) is 16.9 Å². The van der Waals surface area contributed by atoms with Crippen LogP contribution in [-0.2, 0) is 9.22 Å². The standard InChI is InChI=1S/C12H24O3Si/c1-12(2,3)16(4,5)15-9-6-7-10(13)11(14)8-9/h9,11,14H,6-8H2,1-5H3/t9-,11+/m1/s1. The van der Waals surface area contributed by atoms with Gasteiger partial charge in [-0.3, -0.25) is 4.79 Å². The van der Waals surface area contributed by atoms with Crippen LogP contribution in [0.4, 0.5) is 0 Å². The van der Waals surface area contributed by atoms with Crippen molar-refractivity contribution in [2.24, 2.45) is 0 Å². The average Bonchev–Trinajstić information content (AvgIpc) is 2.09. The van der Waals surface area contributed by atoms with Crippen LogP contribution in [-0.4, -0.2) is 31.4 Å². The van der Waals surface area contributed by atoms with Gasteiger partial charge in [0.1, 0.15) is 6.10 Å². The molecule has 1 aliphatic carbocycles. The second-order valence-corrected chi connectivity index (χ2v) is 11.0. The molecule has 0 heterocycles. The SMILES string of the molecule is CC(C)(C)[Si](C)(C)O[C@@H]1CCC(=O)[C@@H](O)C1. The van der Waals surface area contributed by atoms with Crippen LogP contribution in [0, 0.1) is 0 Å². The first-order valence-corrected chi connectivity index (χ1v) is 8.93. The molecule has 4 heteroatoms. The minimum atomic E-state index is -1.77. The summed E-state index contributed by atoms with van der Waals surface area (Å²) in [6, 6.07) is 0. The molecule has 3 nitrogen and oxygen atoms in total. The molecular weight excluding hydrogens is 220 g/mol. The minimum Gasteiger partial charge on any atom is -0.414 e. The fourth-order valence-electron chi connectivity index (χ4n) is 1.67. The Bertz CT molecular complexity index is 268. The molecule has 0 spiro atoms. The van der Waals surface area contributed by atoms with Gasteiger partial charge >= 0.3 is 0 Å². The molecule has 1 N–H and O–H groups in total. The number of Topliss-reactive ketones (excluding diaryl/α,β-unsaturated/α-hetero) is 1. The maximum atomic E-state index is 11.2. The van der Waals surface area contributed by atoms with E-state index in [2.05, 4.69) is 33.9 Å². The Morgan fingerprint density at radius 1 is 1.38 bits per heavy atom. The summed E-state index contributed by atoms with van der Waals surface area (Å²) in [4.78, 5) is 11.2. The van der Waals surface area contributed by atoms with Gasteiger partial charge in [0.15, 0.2) is 14.1 Å². The van der Waals surface area contributed by atoms with Gasteiger partial charge in [0.05, 0.1) is 0 Å². The number of rotatable bonds is 2. The van der Waals surface area contributed by atoms with Crippen molar-refractivity contribution in [3.63, 3.8) is 0 Å². The molecule has 1 saturated carbocycles. The molecule has 0 radical (unpaired) electrons. The minimum absolute atomic E-state index is 0.0323. The number of hydrogen-bond donors (Lipinski definition) is 1. The summed E-state index contributed by atoms with van der Waals surface area (Å²) in [5.74, 6) is -0.0323. The number of carbonyl (C=O) groups excluding carboxylic acids is 1. The van der Waals surface area contributed by atoms with E-state index in [1.807, 2.05) is 0 Å². The topological polar surface area (TPSA) is 46.5 Å². The van der Waals surface area contributed by atoms with E-state index in [0.29, 0.717) is 12.8 Å². The molecular formula is C12H24O3Si. The summed E-state index contributed by atoms with van der Waals surface area (Å²) in [7, 11) is -1.77. The first-order valence-electron chi connectivity index (χ1n) is 6.02. The Balaban J connectivity index is 2.59. The van der Waals surface area contributed by atoms with Gasteiger partial charge in [0, 0.05) is 18.9 Å². The van der Waals surface area contributed by atoms with E-state index in [9.17, 15) is 9.90 Å². The van der Waals surface area contributed by atoms with Crippen LogP contribution in [0.2, 0.25) is 18.1 Å². The van der Waals surface area contributed by atoms with E-state index in [1.165, 1.54) is 0 Å². The van der Waals surface area contributed by atoms with Crippen LogP contribution in [0.25, 0.3) is 0 Å². The van der Waals surface area contributed by atoms with Gasteiger partial charge in [-0.15, -0.1) is 0 Å². The zero-order chi connectivity index (χ0) is 12.6. The number of aliphatic hydroxyl groups excluding tert-OH is 1. The van der Waals surface area contributed by atoms with Crippen molar-refractivity contribution in [2.45, 2.75) is 70.4 Å². The summed E-state index contributed by atoms with van der Waals surface area (Å²) in [6.45, 7) is 11.0. The number of carbonyl (C=O) groups is 1. The number of aliphatic hydroxyl groups is 1. The summed E-state index contributed by atoms with van der Waals surface area (Å²) >= 11 is 0. The van der Waals surface area contributed by atoms with E-state index < -0.39 is 14.4 Å². The fraction of sp³-hybridized carbons (Fsp3) is 0.917. The third kappa shape index (κ3) is 3.15. The first kappa shape index (κ1) is 13.9. The average molecular weight is 244 g/mol. The molecule has 16 heavy (non-hydrogen) atoms. The van der Waals surface area contributed by atoms with E-state index in [4.69, 9.17) is 4.43 Å². The Kier molecular flexibility index (Phi) is 3.98. The maximum absolute atomic E-state index is 11.2. The highest BCUT2D eigenvalue weighted by Crippen LogP contribution is 2.38. The number of hydrogen-bond acceptors (Lipinski definition) is 3. The van der Waals surface area contributed by atoms with Gasteiger partial charge in [0.25, 0.3) is 0 Å². The molecule has 94 valence electrons. The molecule has 0 unspecified atom stereocenters. The summed E-state index contributed by atoms with van der Waals surface area (Å²) < 4.78 is 6.19. The van der Waals surface area contributed by atoms with Crippen LogP contribution < -0.4 is 0 Å². The first-order chi connectivity index (χ1) is 7.13. The van der Waals surface area contributed by atoms with E-state index in [1.54, 1.807) is 0 Å². The highest BCUT2D eigenvalue weighted by molar-refractivity contribution is 6.74. The van der Waals surface area contributed by atoms with Crippen molar-refractivity contribution in [1.82, 2.24) is 0 Å². The molecule has 0 aliphatic heterocycles. The molecule has 0 bridgehead atoms. The lowest BCUT2D eigenvalue weighted by atomic mass is 9.94. The second-order valence-electron chi connectivity index (χ2n) is 6.26. The van der Waals surface area contributed by atoms with E-state index in [0.717, 1.165) is 6.42 Å². The number of ketones is 1. The lowest BCUT2D eigenvalue weighted by molar-refractivity contribution is -0.132. The largest absolute Gasteiger partial charge is 0.414 e. The molecule has 0 aromatic heterocycles. The maximum Gasteiger partial charge on any atom is 0.192 e. The zero-order valence-electron chi connectivity index (χ0n) is 11.0. The molecule has 0 amide bonds. The molecule has 0 saturated heterocycles. The Labute approximate surface area is 99.3 Å². The van der Waals surface area contributed by atoms with Gasteiger partial charge in [-0.25, -0.2) is 0 Å². The predicted octanol–water partition coefficient (Wildman–Crippen LogP) is 2.49. The van der Waals surface area contributed by atoms with Crippen molar-refractivity contribution in [1.29, 1.82) is 0 Å². The van der Waals surface area contributed by atoms with E-state index >= 15 is 0 Å². The summed E-state index contributed by atoms with van der Waals surface area (Å²) in [5.41, 5.74) is 0. The van der Waals surface area contributed by atoms with Gasteiger partial charge < -0.3 is 9.53 Å². The van der Waals surface area contributed by atoms with Crippen LogP contribution in [0.15, 0.2) is 0 Å². The Hall–Kier alpha value is -0.193. The molecule has 2 atom stereocenters. The fourth-order valence-corrected chi connectivity index (χ4v) is 3.07. The monoisotopic (exact) mass is 244 g/mol. The van der Waals surface area contributed by atoms with Gasteiger partial charge in [-0.1, -0.05) is 20.8 Å². The van der Waals surface area contributed by atoms with Crippen molar-refractivity contribution in [3.05, 3.63) is 0 Å². The van der Waals surface area contributed by atoms with Crippen molar-refractivity contribution < 1.29 is 14.3 Å². The molecule has 0 aromatic carbocycles. The predicted molar refractivity (Wildman–Crippen MR) is 66.9 cm³/mol. The van der Waals surface area contributed by atoms with Gasteiger partial charge in [-0.2, -0.15) is 0 Å². The normalized spacial score (nSPS) is 28.2. The highest BCUT2D eigenvalue weighted by atomic mass is 28.4. The van der Waals surface area contributed by atoms with Crippen molar-refractivity contribution in [2.75, 3.05) is 0 Å².